The van der Waals surface area contributed by atoms with Crippen LogP contribution in [0.4, 0.5) is 10.8 Å². The van der Waals surface area contributed by atoms with Crippen molar-refractivity contribution in [1.82, 2.24) is 4.98 Å². The van der Waals surface area contributed by atoms with E-state index < -0.39 is 23.8 Å². The van der Waals surface area contributed by atoms with Crippen LogP contribution in [0.2, 0.25) is 5.02 Å². The molecule has 0 radical (unpaired) electrons. The molecule has 0 spiro atoms. The average Bonchev–Trinajstić information content (AvgIpc) is 3.33. The second-order valence-electron chi connectivity index (χ2n) is 8.44. The Hall–Kier alpha value is -3.49. The Morgan fingerprint density at radius 2 is 1.73 bits per heavy atom. The molecule has 0 aliphatic carbocycles. The molecule has 9 heteroatoms. The van der Waals surface area contributed by atoms with Crippen molar-refractivity contribution in [3.63, 3.8) is 0 Å². The number of aliphatic imine (C=N–C) groups is 1. The molecule has 1 aliphatic rings. The van der Waals surface area contributed by atoms with Crippen LogP contribution in [0.25, 0.3) is 11.3 Å². The van der Waals surface area contributed by atoms with Crippen molar-refractivity contribution in [3.05, 3.63) is 75.8 Å². The number of ether oxygens (including phenoxy) is 2. The number of nitrogens with zero attached hydrogens (tertiary/aromatic N) is 2. The number of esters is 2. The van der Waals surface area contributed by atoms with Gasteiger partial charge in [0.25, 0.3) is 0 Å². The Balaban J connectivity index is 1.76. The van der Waals surface area contributed by atoms with Crippen LogP contribution in [0.1, 0.15) is 39.2 Å². The molecule has 3 aromatic rings. The molecule has 2 unspecified atom stereocenters. The predicted molar refractivity (Wildman–Crippen MR) is 148 cm³/mol. The molecule has 4 rings (SSSR count). The maximum Gasteiger partial charge on any atom is 0.336 e. The lowest BCUT2D eigenvalue weighted by Crippen LogP contribution is -2.36. The molecule has 1 N–H and O–H groups in total. The largest absolute Gasteiger partial charge is 0.465 e. The van der Waals surface area contributed by atoms with Crippen LogP contribution in [0, 0.1) is 5.92 Å². The van der Waals surface area contributed by atoms with Crippen molar-refractivity contribution in [2.45, 2.75) is 33.6 Å². The first-order chi connectivity index (χ1) is 17.8. The normalized spacial score (nSPS) is 17.3. The fourth-order valence-electron chi connectivity index (χ4n) is 4.47. The average molecular weight is 538 g/mol. The van der Waals surface area contributed by atoms with Gasteiger partial charge in [-0.3, -0.25) is 9.79 Å². The van der Waals surface area contributed by atoms with Gasteiger partial charge < -0.3 is 14.8 Å². The van der Waals surface area contributed by atoms with E-state index in [1.54, 1.807) is 27.7 Å². The van der Waals surface area contributed by atoms with Gasteiger partial charge in [-0.05, 0) is 51.5 Å². The van der Waals surface area contributed by atoms with Crippen LogP contribution in [0.15, 0.2) is 70.2 Å². The van der Waals surface area contributed by atoms with E-state index in [9.17, 15) is 9.59 Å². The minimum Gasteiger partial charge on any atom is -0.465 e. The highest BCUT2D eigenvalue weighted by molar-refractivity contribution is 7.14. The zero-order chi connectivity index (χ0) is 26.5. The number of carbonyl (C=O) groups is 2. The molecule has 0 bridgehead atoms. The highest BCUT2D eigenvalue weighted by Gasteiger charge is 2.43. The molecule has 2 atom stereocenters. The zero-order valence-electron chi connectivity index (χ0n) is 21.1. The van der Waals surface area contributed by atoms with Gasteiger partial charge in [0.1, 0.15) is 5.92 Å². The number of thiazole rings is 1. The lowest BCUT2D eigenvalue weighted by molar-refractivity contribution is -0.146. The summed E-state index contributed by atoms with van der Waals surface area (Å²) in [6.07, 6.45) is 0. The van der Waals surface area contributed by atoms with Crippen LogP contribution in [0.5, 0.6) is 0 Å². The summed E-state index contributed by atoms with van der Waals surface area (Å²) >= 11 is 7.48. The lowest BCUT2D eigenvalue weighted by atomic mass is 9.75. The first kappa shape index (κ1) is 26.6. The lowest BCUT2D eigenvalue weighted by Gasteiger charge is -2.32. The van der Waals surface area contributed by atoms with Crippen molar-refractivity contribution in [3.8, 4) is 11.3 Å². The number of hydrogen-bond acceptors (Lipinski definition) is 8. The first-order valence-corrected chi connectivity index (χ1v) is 13.3. The summed E-state index contributed by atoms with van der Waals surface area (Å²) in [6, 6.07) is 15.1. The van der Waals surface area contributed by atoms with Gasteiger partial charge >= 0.3 is 11.9 Å². The predicted octanol–water partition coefficient (Wildman–Crippen LogP) is 6.78. The van der Waals surface area contributed by atoms with Crippen LogP contribution in [-0.4, -0.2) is 35.8 Å². The summed E-state index contributed by atoms with van der Waals surface area (Å²) in [5, 5.41) is 6.69. The van der Waals surface area contributed by atoms with E-state index in [-0.39, 0.29) is 13.2 Å². The molecule has 0 saturated carbocycles. The van der Waals surface area contributed by atoms with E-state index in [4.69, 9.17) is 26.1 Å². The van der Waals surface area contributed by atoms with Crippen molar-refractivity contribution >= 4 is 51.4 Å². The maximum atomic E-state index is 13.2. The van der Waals surface area contributed by atoms with Gasteiger partial charge in [0, 0.05) is 39.0 Å². The second kappa shape index (κ2) is 11.7. The van der Waals surface area contributed by atoms with Gasteiger partial charge in [0.05, 0.1) is 24.5 Å². The van der Waals surface area contributed by atoms with Gasteiger partial charge in [-0.2, -0.15) is 0 Å². The third-order valence-electron chi connectivity index (χ3n) is 6.05. The highest BCUT2D eigenvalue weighted by atomic mass is 35.5. The molecule has 7 nitrogen and oxygen atoms in total. The second-order valence-corrected chi connectivity index (χ2v) is 9.73. The summed E-state index contributed by atoms with van der Waals surface area (Å²) in [4.78, 5) is 35.6. The van der Waals surface area contributed by atoms with Crippen LogP contribution >= 0.6 is 22.9 Å². The Morgan fingerprint density at radius 3 is 2.43 bits per heavy atom. The summed E-state index contributed by atoms with van der Waals surface area (Å²) < 4.78 is 10.8. The molecule has 2 heterocycles. The van der Waals surface area contributed by atoms with Gasteiger partial charge in [-0.15, -0.1) is 11.3 Å². The molecule has 37 heavy (non-hydrogen) atoms. The Bertz CT molecular complexity index is 1360. The molecule has 1 aromatic heterocycles. The fraction of sp³-hybridized carbons (Fsp3) is 0.286. The van der Waals surface area contributed by atoms with Crippen LogP contribution in [-0.2, 0) is 19.1 Å². The number of para-hydroxylation sites is 1. The van der Waals surface area contributed by atoms with Gasteiger partial charge in [-0.25, -0.2) is 9.78 Å². The first-order valence-electron chi connectivity index (χ1n) is 12.0. The van der Waals surface area contributed by atoms with Crippen LogP contribution < -0.4 is 5.32 Å². The molecule has 0 amide bonds. The number of anilines is 2. The molecular weight excluding hydrogens is 510 g/mol. The minimum absolute atomic E-state index is 0.210. The van der Waals surface area contributed by atoms with E-state index in [0.717, 1.165) is 22.5 Å². The smallest absolute Gasteiger partial charge is 0.336 e. The number of carbonyl (C=O) groups excluding carboxylic acids is 2. The number of hydrogen-bond donors (Lipinski definition) is 1. The topological polar surface area (TPSA) is 89.9 Å². The van der Waals surface area contributed by atoms with Crippen molar-refractivity contribution in [1.29, 1.82) is 0 Å². The summed E-state index contributed by atoms with van der Waals surface area (Å²) in [5.41, 5.74) is 4.70. The van der Waals surface area contributed by atoms with E-state index in [0.29, 0.717) is 27.1 Å². The van der Waals surface area contributed by atoms with Crippen molar-refractivity contribution in [2.75, 3.05) is 18.5 Å². The third kappa shape index (κ3) is 5.76. The Kier molecular flexibility index (Phi) is 8.41. The van der Waals surface area contributed by atoms with Gasteiger partial charge in [-0.1, -0.05) is 41.9 Å². The highest BCUT2D eigenvalue weighted by Crippen LogP contribution is 2.43. The monoisotopic (exact) mass is 537 g/mol. The van der Waals surface area contributed by atoms with Crippen LogP contribution in [0.3, 0.4) is 0 Å². The van der Waals surface area contributed by atoms with E-state index >= 15 is 0 Å². The van der Waals surface area contributed by atoms with Gasteiger partial charge in [0.15, 0.2) is 5.13 Å². The standard InChI is InChI=1S/C28H28ClN3O4S/c1-5-35-26(33)23-16(3)30-17(4)24(27(34)36-6-2)25(23)20-9-7-8-10-21(20)31-28-32-22(15-37-28)18-11-13-19(29)14-12-18/h7-15,23,25H,5-6H2,1-4H3,(H,31,32). The van der Waals surface area contributed by atoms with E-state index in [1.807, 2.05) is 53.9 Å². The Labute approximate surface area is 225 Å². The van der Waals surface area contributed by atoms with E-state index in [2.05, 4.69) is 10.3 Å². The van der Waals surface area contributed by atoms with Gasteiger partial charge in [0.2, 0.25) is 0 Å². The SMILES string of the molecule is CCOC(=O)C1=C(C)N=C(C)C(C(=O)OCC)C1c1ccccc1Nc1nc(-c2ccc(Cl)cc2)cs1. The van der Waals surface area contributed by atoms with E-state index in [1.165, 1.54) is 11.3 Å². The molecule has 1 aliphatic heterocycles. The number of rotatable bonds is 8. The third-order valence-corrected chi connectivity index (χ3v) is 7.06. The summed E-state index contributed by atoms with van der Waals surface area (Å²) in [6.45, 7) is 7.49. The number of benzene rings is 2. The molecule has 2 aromatic carbocycles. The number of nitrogens with one attached hydrogen (secondary N) is 1. The quantitative estimate of drug-likeness (QED) is 0.318. The zero-order valence-corrected chi connectivity index (χ0v) is 22.7. The maximum absolute atomic E-state index is 13.2. The summed E-state index contributed by atoms with van der Waals surface area (Å²) in [7, 11) is 0. The number of aromatic nitrogens is 1. The van der Waals surface area contributed by atoms with Crippen molar-refractivity contribution < 1.29 is 19.1 Å². The number of allylic oxidation sites excluding steroid dienone is 1. The number of halogens is 1. The Morgan fingerprint density at radius 1 is 1.03 bits per heavy atom. The summed E-state index contributed by atoms with van der Waals surface area (Å²) in [5.74, 6) is -2.34. The van der Waals surface area contributed by atoms with Crippen molar-refractivity contribution in [2.24, 2.45) is 10.9 Å². The molecule has 0 fully saturated rings. The molecule has 0 saturated heterocycles. The molecule has 192 valence electrons. The fourth-order valence-corrected chi connectivity index (χ4v) is 5.32. The molecular formula is C28H28ClN3O4S. The minimum atomic E-state index is -0.771.